The van der Waals surface area contributed by atoms with E-state index < -0.39 is 24.1 Å². The Balaban J connectivity index is 1.42. The van der Waals surface area contributed by atoms with E-state index in [0.29, 0.717) is 56.4 Å². The van der Waals surface area contributed by atoms with Crippen molar-refractivity contribution in [3.8, 4) is 0 Å². The second kappa shape index (κ2) is 24.1. The zero-order valence-electron chi connectivity index (χ0n) is 36.3. The number of carbonyl (C=O) groups excluding carboxylic acids is 5. The van der Waals surface area contributed by atoms with Crippen molar-refractivity contribution in [3.63, 3.8) is 0 Å². The fraction of sp³-hybridized carbons (Fsp3) is 0.583. The van der Waals surface area contributed by atoms with Crippen LogP contribution in [0.3, 0.4) is 0 Å². The average molecular weight is 829 g/mol. The average Bonchev–Trinajstić information content (AvgIpc) is 3.70. The van der Waals surface area contributed by atoms with Crippen LogP contribution in [0.4, 0.5) is 4.79 Å². The highest BCUT2D eigenvalue weighted by molar-refractivity contribution is 8.14. The van der Waals surface area contributed by atoms with Crippen molar-refractivity contribution in [1.82, 2.24) is 15.5 Å². The van der Waals surface area contributed by atoms with Gasteiger partial charge in [-0.15, -0.1) is 11.8 Å². The van der Waals surface area contributed by atoms with E-state index in [2.05, 4.69) is 60.0 Å². The third-order valence-electron chi connectivity index (χ3n) is 11.5. The molecule has 11 heteroatoms. The highest BCUT2D eigenvalue weighted by Crippen LogP contribution is 2.33. The number of ketones is 3. The third-order valence-corrected chi connectivity index (χ3v) is 12.7. The molecular weight excluding hydrogens is 761 g/mol. The van der Waals surface area contributed by atoms with E-state index in [9.17, 15) is 24.0 Å². The predicted molar refractivity (Wildman–Crippen MR) is 238 cm³/mol. The minimum atomic E-state index is -0.807. The number of benzene rings is 2. The van der Waals surface area contributed by atoms with Crippen molar-refractivity contribution in [3.05, 3.63) is 84.1 Å². The van der Waals surface area contributed by atoms with Crippen LogP contribution in [0, 0.1) is 29.6 Å². The van der Waals surface area contributed by atoms with Crippen LogP contribution in [-0.2, 0) is 36.9 Å². The Morgan fingerprint density at radius 2 is 1.59 bits per heavy atom. The summed E-state index contributed by atoms with van der Waals surface area (Å²) in [5.41, 5.74) is 2.80. The molecular formula is C48H68N4O6S. The number of nitrogens with zero attached hydrogens (tertiary/aromatic N) is 2. The van der Waals surface area contributed by atoms with Gasteiger partial charge in [0, 0.05) is 61.2 Å². The van der Waals surface area contributed by atoms with Gasteiger partial charge in [0.2, 0.25) is 5.91 Å². The molecule has 1 fully saturated rings. The molecule has 10 nitrogen and oxygen atoms in total. The van der Waals surface area contributed by atoms with Crippen LogP contribution in [0.1, 0.15) is 110 Å². The summed E-state index contributed by atoms with van der Waals surface area (Å²) in [6, 6.07) is 18.3. The Labute approximate surface area is 357 Å². The van der Waals surface area contributed by atoms with Crippen molar-refractivity contribution >= 4 is 46.2 Å². The van der Waals surface area contributed by atoms with Crippen LogP contribution in [0.15, 0.2) is 77.9 Å². The normalized spacial score (nSPS) is 18.7. The Morgan fingerprint density at radius 1 is 0.915 bits per heavy atom. The lowest BCUT2D eigenvalue weighted by Gasteiger charge is -2.34. The number of alkyl carbamates (subject to hydrolysis) is 1. The summed E-state index contributed by atoms with van der Waals surface area (Å²) in [6.45, 7) is 18.5. The van der Waals surface area contributed by atoms with Crippen molar-refractivity contribution in [2.75, 3.05) is 19.6 Å². The maximum absolute atomic E-state index is 14.3. The number of nitrogens with one attached hydrogen (secondary N) is 2. The van der Waals surface area contributed by atoms with Crippen molar-refractivity contribution in [2.24, 2.45) is 34.6 Å². The van der Waals surface area contributed by atoms with E-state index in [4.69, 9.17) is 4.74 Å². The van der Waals surface area contributed by atoms with Gasteiger partial charge in [-0.1, -0.05) is 109 Å². The first-order valence-corrected chi connectivity index (χ1v) is 22.6. The monoisotopic (exact) mass is 828 g/mol. The molecule has 6 atom stereocenters. The zero-order valence-corrected chi connectivity index (χ0v) is 37.1. The Hall–Kier alpha value is -4.25. The summed E-state index contributed by atoms with van der Waals surface area (Å²) in [6.07, 6.45) is 4.60. The van der Waals surface area contributed by atoms with Crippen molar-refractivity contribution in [2.45, 2.75) is 130 Å². The number of aliphatic imine (C=N–C) groups is 1. The van der Waals surface area contributed by atoms with E-state index in [1.165, 1.54) is 0 Å². The summed E-state index contributed by atoms with van der Waals surface area (Å²) >= 11 is 1.60. The Morgan fingerprint density at radius 3 is 2.24 bits per heavy atom. The first-order chi connectivity index (χ1) is 28.2. The van der Waals surface area contributed by atoms with Gasteiger partial charge in [0.25, 0.3) is 0 Å². The molecule has 0 aliphatic carbocycles. The van der Waals surface area contributed by atoms with Crippen LogP contribution in [0.5, 0.6) is 0 Å². The molecule has 2 aliphatic rings. The molecule has 59 heavy (non-hydrogen) atoms. The van der Waals surface area contributed by atoms with Crippen LogP contribution in [0.2, 0.25) is 0 Å². The molecule has 1 saturated heterocycles. The highest BCUT2D eigenvalue weighted by atomic mass is 32.2. The largest absolute Gasteiger partial charge is 0.445 e. The topological polar surface area (TPSA) is 134 Å². The molecule has 322 valence electrons. The Kier molecular flexibility index (Phi) is 19.4. The lowest BCUT2D eigenvalue weighted by molar-refractivity contribution is -0.134. The first-order valence-electron chi connectivity index (χ1n) is 21.7. The van der Waals surface area contributed by atoms with Gasteiger partial charge in [0.1, 0.15) is 12.4 Å². The number of hydrogen-bond acceptors (Lipinski definition) is 9. The molecule has 2 amide bonds. The number of thioether (sulfide) groups is 1. The van der Waals surface area contributed by atoms with E-state index in [1.807, 2.05) is 69.3 Å². The first kappa shape index (κ1) is 47.4. The highest BCUT2D eigenvalue weighted by Gasteiger charge is 2.38. The predicted octanol–water partition coefficient (Wildman–Crippen LogP) is 8.77. The van der Waals surface area contributed by atoms with Gasteiger partial charge in [-0.2, -0.15) is 0 Å². The molecule has 2 aliphatic heterocycles. The van der Waals surface area contributed by atoms with Crippen LogP contribution < -0.4 is 10.6 Å². The third kappa shape index (κ3) is 15.7. The number of carbonyl (C=O) groups is 5. The standard InChI is InChI=1S/C48H68N4O6S/c1-32(2)26-34(5)43(53)28-39(27-37-16-10-8-11-17-37)36(7)52-25-15-21-42(52)45(55)29-40(33(3)4)47(56)51-41(44(54)30-46-49-24-22-35(6)59-46)20-14-23-50-48(57)58-31-38-18-12-9-13-19-38/h8-13,16-19,32-35,39-42H,7,14-15,20-31H2,1-6H3,(H,50,57)(H,51,56)/t34-,35?,39-,40-,41-,42-/m0/s1. The molecule has 2 aromatic rings. The van der Waals surface area contributed by atoms with Gasteiger partial charge in [0.05, 0.1) is 23.5 Å². The summed E-state index contributed by atoms with van der Waals surface area (Å²) in [4.78, 5) is 74.8. The molecule has 0 radical (unpaired) electrons. The zero-order chi connectivity index (χ0) is 42.9. The van der Waals surface area contributed by atoms with Gasteiger partial charge in [-0.3, -0.25) is 24.2 Å². The summed E-state index contributed by atoms with van der Waals surface area (Å²) in [5, 5.41) is 6.93. The van der Waals surface area contributed by atoms with E-state index in [0.717, 1.165) is 41.1 Å². The van der Waals surface area contributed by atoms with Gasteiger partial charge < -0.3 is 20.3 Å². The number of rotatable bonds is 24. The van der Waals surface area contributed by atoms with Gasteiger partial charge in [-0.05, 0) is 67.9 Å². The number of likely N-dealkylation sites (tertiary alicyclic amines) is 1. The number of Topliss-reactive ketones (excluding diaryl/α,β-unsaturated/α-hetero) is 3. The molecule has 0 bridgehead atoms. The maximum Gasteiger partial charge on any atom is 0.407 e. The minimum absolute atomic E-state index is 0.0292. The van der Waals surface area contributed by atoms with Gasteiger partial charge in [0.15, 0.2) is 11.6 Å². The lowest BCUT2D eigenvalue weighted by Crippen LogP contribution is -2.47. The fourth-order valence-electron chi connectivity index (χ4n) is 8.09. The molecule has 0 spiro atoms. The number of allylic oxidation sites excluding steroid dienone is 1. The quantitative estimate of drug-likeness (QED) is 0.100. The fourth-order valence-corrected chi connectivity index (χ4v) is 9.16. The second-order valence-corrected chi connectivity index (χ2v) is 18.8. The molecule has 4 rings (SSSR count). The van der Waals surface area contributed by atoms with Crippen LogP contribution >= 0.6 is 11.8 Å². The molecule has 2 N–H and O–H groups in total. The molecule has 2 heterocycles. The van der Waals surface area contributed by atoms with E-state index >= 15 is 0 Å². The molecule has 2 aromatic carbocycles. The summed E-state index contributed by atoms with van der Waals surface area (Å²) in [5.74, 6) is -0.907. The molecule has 0 saturated carbocycles. The van der Waals surface area contributed by atoms with E-state index in [-0.39, 0.29) is 67.0 Å². The van der Waals surface area contributed by atoms with Crippen molar-refractivity contribution < 1.29 is 28.7 Å². The minimum Gasteiger partial charge on any atom is -0.445 e. The number of ether oxygens (including phenoxy) is 1. The Bertz CT molecular complexity index is 1730. The van der Waals surface area contributed by atoms with E-state index in [1.54, 1.807) is 11.8 Å². The number of hydrogen-bond donors (Lipinski definition) is 2. The maximum atomic E-state index is 14.3. The molecule has 1 unspecified atom stereocenters. The molecule has 0 aromatic heterocycles. The SMILES string of the molecule is C=C([C@H](CC(=O)[C@@H](C)CC(C)C)Cc1ccccc1)N1CCC[C@H]1C(=O)C[C@H](C(=O)N[C@@H](CCCNC(=O)OCc1ccccc1)C(=O)CC1=NCCC(C)S1)C(C)C. The van der Waals surface area contributed by atoms with Crippen molar-refractivity contribution in [1.29, 1.82) is 0 Å². The van der Waals surface area contributed by atoms with Crippen LogP contribution in [0.25, 0.3) is 0 Å². The number of amides is 2. The lowest BCUT2D eigenvalue weighted by atomic mass is 9.84. The van der Waals surface area contributed by atoms with Gasteiger partial charge in [-0.25, -0.2) is 4.79 Å². The smallest absolute Gasteiger partial charge is 0.407 e. The summed E-state index contributed by atoms with van der Waals surface area (Å²) in [7, 11) is 0. The van der Waals surface area contributed by atoms with Gasteiger partial charge >= 0.3 is 6.09 Å². The van der Waals surface area contributed by atoms with Crippen LogP contribution in [-0.4, -0.2) is 76.3 Å². The summed E-state index contributed by atoms with van der Waals surface area (Å²) < 4.78 is 5.33. The second-order valence-electron chi connectivity index (χ2n) is 17.3.